The molecule has 5 heteroatoms. The van der Waals surface area contributed by atoms with E-state index in [1.54, 1.807) is 24.8 Å². The van der Waals surface area contributed by atoms with Crippen LogP contribution < -0.4 is 0 Å². The maximum atomic E-state index is 9.74. The fourth-order valence-corrected chi connectivity index (χ4v) is 3.70. The van der Waals surface area contributed by atoms with E-state index in [1.807, 2.05) is 24.3 Å². The lowest BCUT2D eigenvalue weighted by molar-refractivity contribution is 0.317. The first-order valence-electron chi connectivity index (χ1n) is 9.78. The Morgan fingerprint density at radius 3 is 2.23 bits per heavy atom. The van der Waals surface area contributed by atoms with E-state index in [0.717, 1.165) is 22.3 Å². The summed E-state index contributed by atoms with van der Waals surface area (Å²) in [6.07, 6.45) is 9.13. The summed E-state index contributed by atoms with van der Waals surface area (Å²) in [5, 5.41) is 13.4. The zero-order valence-electron chi connectivity index (χ0n) is 16.7. The average Bonchev–Trinajstić information content (AvgIpc) is 2.82. The molecule has 2 heterocycles. The van der Waals surface area contributed by atoms with Gasteiger partial charge in [-0.2, -0.15) is 0 Å². The third-order valence-electron chi connectivity index (χ3n) is 5.30. The zero-order chi connectivity index (χ0) is 20.8. The molecule has 2 aromatic carbocycles. The van der Waals surface area contributed by atoms with Crippen molar-refractivity contribution in [2.75, 3.05) is 0 Å². The molecular weight excluding hydrogens is 372 g/mol. The van der Waals surface area contributed by atoms with Crippen LogP contribution in [-0.4, -0.2) is 25.9 Å². The van der Waals surface area contributed by atoms with Gasteiger partial charge in [0.05, 0.1) is 5.71 Å². The van der Waals surface area contributed by atoms with Gasteiger partial charge in [-0.1, -0.05) is 53.7 Å². The lowest BCUT2D eigenvalue weighted by atomic mass is 9.83. The zero-order valence-corrected chi connectivity index (χ0v) is 16.7. The van der Waals surface area contributed by atoms with Gasteiger partial charge in [0.15, 0.2) is 0 Å². The highest BCUT2D eigenvalue weighted by atomic mass is 16.4. The Balaban J connectivity index is 1.72. The van der Waals surface area contributed by atoms with E-state index in [0.29, 0.717) is 12.1 Å². The molecule has 1 unspecified atom stereocenters. The van der Waals surface area contributed by atoms with Crippen molar-refractivity contribution in [3.63, 3.8) is 0 Å². The van der Waals surface area contributed by atoms with Gasteiger partial charge >= 0.3 is 0 Å². The first-order chi connectivity index (χ1) is 14.8. The van der Waals surface area contributed by atoms with Gasteiger partial charge < -0.3 is 5.21 Å². The van der Waals surface area contributed by atoms with Crippen LogP contribution in [0.15, 0.2) is 96.9 Å². The SMILES string of the molecule is Cc1ccccc1C(CC(=NO)c1ccncc1)c1ccc(-c2cncnc2)cc1. The van der Waals surface area contributed by atoms with Gasteiger partial charge in [0.1, 0.15) is 6.33 Å². The van der Waals surface area contributed by atoms with E-state index in [1.165, 1.54) is 17.5 Å². The summed E-state index contributed by atoms with van der Waals surface area (Å²) in [7, 11) is 0. The van der Waals surface area contributed by atoms with Crippen molar-refractivity contribution in [3.8, 4) is 11.1 Å². The fraction of sp³-hybridized carbons (Fsp3) is 0.120. The first-order valence-corrected chi connectivity index (χ1v) is 9.78. The van der Waals surface area contributed by atoms with Crippen LogP contribution >= 0.6 is 0 Å². The summed E-state index contributed by atoms with van der Waals surface area (Å²) < 4.78 is 0. The maximum absolute atomic E-state index is 9.74. The van der Waals surface area contributed by atoms with Crippen LogP contribution in [0.3, 0.4) is 0 Å². The molecule has 30 heavy (non-hydrogen) atoms. The van der Waals surface area contributed by atoms with E-state index in [2.05, 4.69) is 63.4 Å². The molecule has 0 saturated carbocycles. The van der Waals surface area contributed by atoms with Crippen LogP contribution in [-0.2, 0) is 0 Å². The summed E-state index contributed by atoms with van der Waals surface area (Å²) in [5.41, 5.74) is 7.10. The number of nitrogens with zero attached hydrogens (tertiary/aromatic N) is 4. The molecule has 1 N–H and O–H groups in total. The van der Waals surface area contributed by atoms with E-state index < -0.39 is 0 Å². The third kappa shape index (κ3) is 4.25. The quantitative estimate of drug-likeness (QED) is 0.275. The number of hydrogen-bond acceptors (Lipinski definition) is 5. The average molecular weight is 394 g/mol. The number of benzene rings is 2. The second kappa shape index (κ2) is 9.09. The van der Waals surface area contributed by atoms with Crippen molar-refractivity contribution in [2.24, 2.45) is 5.16 Å². The van der Waals surface area contributed by atoms with Crippen LogP contribution in [0, 0.1) is 6.92 Å². The van der Waals surface area contributed by atoms with Gasteiger partial charge in [0.2, 0.25) is 0 Å². The van der Waals surface area contributed by atoms with Crippen molar-refractivity contribution in [1.82, 2.24) is 15.0 Å². The molecular formula is C25H22N4O. The smallest absolute Gasteiger partial charge is 0.115 e. The minimum Gasteiger partial charge on any atom is -0.411 e. The number of rotatable bonds is 6. The summed E-state index contributed by atoms with van der Waals surface area (Å²) in [4.78, 5) is 12.3. The molecule has 1 atom stereocenters. The van der Waals surface area contributed by atoms with E-state index in [9.17, 15) is 5.21 Å². The largest absolute Gasteiger partial charge is 0.411 e. The predicted molar refractivity (Wildman–Crippen MR) is 118 cm³/mol. The second-order valence-corrected chi connectivity index (χ2v) is 7.15. The Morgan fingerprint density at radius 2 is 1.57 bits per heavy atom. The molecule has 148 valence electrons. The highest BCUT2D eigenvalue weighted by Crippen LogP contribution is 2.33. The first kappa shape index (κ1) is 19.5. The predicted octanol–water partition coefficient (Wildman–Crippen LogP) is 5.25. The van der Waals surface area contributed by atoms with Crippen LogP contribution in [0.5, 0.6) is 0 Å². The third-order valence-corrected chi connectivity index (χ3v) is 5.30. The molecule has 0 amide bonds. The Morgan fingerprint density at radius 1 is 0.867 bits per heavy atom. The van der Waals surface area contributed by atoms with Crippen LogP contribution in [0.1, 0.15) is 34.6 Å². The standard InChI is InChI=1S/C25H22N4O/c1-18-4-2-3-5-23(18)24(14-25(29-30)21-10-12-26-13-11-21)20-8-6-19(7-9-20)22-15-27-17-28-16-22/h2-13,15-17,24,30H,14H2,1H3. The van der Waals surface area contributed by atoms with Gasteiger partial charge in [0.25, 0.3) is 0 Å². The number of aromatic nitrogens is 3. The van der Waals surface area contributed by atoms with Crippen LogP contribution in [0.4, 0.5) is 0 Å². The molecule has 0 fully saturated rings. The molecule has 4 aromatic rings. The minimum absolute atomic E-state index is 0.0475. The normalized spacial score (nSPS) is 12.5. The number of pyridine rings is 1. The highest BCUT2D eigenvalue weighted by Gasteiger charge is 2.20. The minimum atomic E-state index is 0.0475. The van der Waals surface area contributed by atoms with Crippen LogP contribution in [0.25, 0.3) is 11.1 Å². The molecule has 0 aliphatic rings. The van der Waals surface area contributed by atoms with E-state index >= 15 is 0 Å². The molecule has 5 nitrogen and oxygen atoms in total. The summed E-state index contributed by atoms with van der Waals surface area (Å²) in [6.45, 7) is 2.11. The molecule has 0 bridgehead atoms. The van der Waals surface area contributed by atoms with E-state index in [-0.39, 0.29) is 5.92 Å². The second-order valence-electron chi connectivity index (χ2n) is 7.15. The van der Waals surface area contributed by atoms with Crippen molar-refractivity contribution in [1.29, 1.82) is 0 Å². The topological polar surface area (TPSA) is 71.3 Å². The van der Waals surface area contributed by atoms with Gasteiger partial charge in [-0.3, -0.25) is 4.98 Å². The monoisotopic (exact) mass is 394 g/mol. The lowest BCUT2D eigenvalue weighted by Crippen LogP contribution is -2.11. The number of oxime groups is 1. The molecule has 0 aliphatic carbocycles. The van der Waals surface area contributed by atoms with Gasteiger partial charge in [0, 0.05) is 48.3 Å². The fourth-order valence-electron chi connectivity index (χ4n) is 3.70. The van der Waals surface area contributed by atoms with Crippen molar-refractivity contribution in [2.45, 2.75) is 19.3 Å². The summed E-state index contributed by atoms with van der Waals surface area (Å²) in [6, 6.07) is 20.5. The lowest BCUT2D eigenvalue weighted by Gasteiger charge is -2.21. The Labute approximate surface area is 175 Å². The van der Waals surface area contributed by atoms with Gasteiger partial charge in [-0.05, 0) is 41.3 Å². The highest BCUT2D eigenvalue weighted by molar-refractivity contribution is 6.00. The number of aryl methyl sites for hydroxylation is 1. The molecule has 0 spiro atoms. The Kier molecular flexibility index (Phi) is 5.90. The molecule has 0 saturated heterocycles. The van der Waals surface area contributed by atoms with Gasteiger partial charge in [-0.25, -0.2) is 9.97 Å². The van der Waals surface area contributed by atoms with Crippen LogP contribution in [0.2, 0.25) is 0 Å². The van der Waals surface area contributed by atoms with Crippen molar-refractivity contribution >= 4 is 5.71 Å². The summed E-state index contributed by atoms with van der Waals surface area (Å²) in [5.74, 6) is 0.0475. The molecule has 0 aliphatic heterocycles. The van der Waals surface area contributed by atoms with Gasteiger partial charge in [-0.15, -0.1) is 0 Å². The molecule has 4 rings (SSSR count). The van der Waals surface area contributed by atoms with Crippen molar-refractivity contribution < 1.29 is 5.21 Å². The molecule has 0 radical (unpaired) electrons. The summed E-state index contributed by atoms with van der Waals surface area (Å²) >= 11 is 0. The van der Waals surface area contributed by atoms with Crippen molar-refractivity contribution in [3.05, 3.63) is 114 Å². The molecule has 2 aromatic heterocycles. The number of hydrogen-bond donors (Lipinski definition) is 1. The van der Waals surface area contributed by atoms with E-state index in [4.69, 9.17) is 0 Å². The Hall–Kier alpha value is -3.86. The maximum Gasteiger partial charge on any atom is 0.115 e. The Bertz CT molecular complexity index is 1130.